The van der Waals surface area contributed by atoms with Crippen LogP contribution in [-0.2, 0) is 69.6 Å². The first-order valence-electron chi connectivity index (χ1n) is 33.7. The van der Waals surface area contributed by atoms with Gasteiger partial charge in [-0.25, -0.2) is 18.6 Å². The number of carbonyl (C=O) groups is 4. The van der Waals surface area contributed by atoms with Gasteiger partial charge in [0.1, 0.15) is 48.3 Å². The standard InChI is InChI=1S/C81H105FN3O10/c1-22-83(44-46-90-67(86)42-34-53-48-61(76(4,5)6)72(62(49-53)77(7,8)9)92-74(88)94-80(16,17)18)57-38-36-55(37-39-57)69(70-60-32-28-29-33-66(60)85(24-3)71(70)56-30-26-25-27-31-56)59-41-40-58(52-65(59)82)84(23-2)45-47-91-68(87)43-35-54-50-63(78(10,11)12)73(64(51-54)79(13,14)15)93-75(89)95-81(19,20)21/h25-33,36-41,48-52H,22-24,34-35,42-47H2,1-21H3/q+1. The normalized spacial score (nSPS) is 13.0. The molecule has 5 aromatic carbocycles. The van der Waals surface area contributed by atoms with Crippen LogP contribution >= 0.6 is 0 Å². The zero-order valence-corrected chi connectivity index (χ0v) is 60.6. The Balaban J connectivity index is 1.12. The van der Waals surface area contributed by atoms with Gasteiger partial charge in [-0.1, -0.05) is 156 Å². The van der Waals surface area contributed by atoms with Crippen LogP contribution in [0.25, 0.3) is 27.7 Å². The van der Waals surface area contributed by atoms with Gasteiger partial charge in [-0.3, -0.25) is 9.59 Å². The van der Waals surface area contributed by atoms with Gasteiger partial charge in [-0.15, -0.1) is 0 Å². The van der Waals surface area contributed by atoms with Crippen molar-refractivity contribution in [3.8, 4) is 22.8 Å². The average molecular weight is 1300 g/mol. The maximum atomic E-state index is 17.7. The number of halogens is 1. The zero-order chi connectivity index (χ0) is 70.2. The molecule has 0 spiro atoms. The third-order valence-corrected chi connectivity index (χ3v) is 16.6. The van der Waals surface area contributed by atoms with Crippen molar-refractivity contribution in [1.82, 2.24) is 4.57 Å². The molecule has 0 saturated heterocycles. The second kappa shape index (κ2) is 30.2. The van der Waals surface area contributed by atoms with E-state index in [1.54, 1.807) is 47.6 Å². The Kier molecular flexibility index (Phi) is 23.6. The number of aromatic nitrogens is 1. The summed E-state index contributed by atoms with van der Waals surface area (Å²) >= 11 is 0. The molecule has 0 bridgehead atoms. The number of fused-ring (bicyclic) bond motifs is 1. The SMILES string of the molecule is CCN(CCOC(=O)CCc1cc(C(C)(C)C)c(OC(=O)OC(C)(C)C)c(C(C)(C)C)c1)c1ccc(C(=C2C=CC(=[N+](CC)CCOC(=O)CCc3cc(C(C)(C)C)c(OC(=O)OC(C)(C)C)c(C(C)(C)C)c3)C=C2)c2c(-c3ccccc3)n(CC)c3ccccc23)c(F)c1. The van der Waals surface area contributed by atoms with Crippen LogP contribution in [0.15, 0.2) is 127 Å². The van der Waals surface area contributed by atoms with Gasteiger partial charge in [-0.05, 0) is 155 Å². The first kappa shape index (κ1) is 74.1. The number of nitrogens with zero attached hydrogens (tertiary/aromatic N) is 3. The smallest absolute Gasteiger partial charge is 0.464 e. The summed E-state index contributed by atoms with van der Waals surface area (Å²) in [5.74, 6) is -0.110. The van der Waals surface area contributed by atoms with E-state index < -0.39 is 51.0 Å². The van der Waals surface area contributed by atoms with E-state index in [-0.39, 0.29) is 38.0 Å². The van der Waals surface area contributed by atoms with E-state index in [9.17, 15) is 19.2 Å². The number of hydrogen-bond acceptors (Lipinski definition) is 11. The van der Waals surface area contributed by atoms with E-state index in [0.717, 1.165) is 78.0 Å². The number of para-hydroxylation sites is 1. The molecule has 6 aromatic rings. The molecule has 95 heavy (non-hydrogen) atoms. The zero-order valence-electron chi connectivity index (χ0n) is 60.6. The molecule has 1 aromatic heterocycles. The van der Waals surface area contributed by atoms with Gasteiger partial charge in [0.2, 0.25) is 0 Å². The highest BCUT2D eigenvalue weighted by atomic mass is 19.1. The highest BCUT2D eigenvalue weighted by Crippen LogP contribution is 2.46. The van der Waals surface area contributed by atoms with Crippen molar-refractivity contribution in [3.05, 3.63) is 177 Å². The Morgan fingerprint density at radius 1 is 0.547 bits per heavy atom. The van der Waals surface area contributed by atoms with Crippen LogP contribution in [0.4, 0.5) is 19.7 Å². The van der Waals surface area contributed by atoms with Crippen molar-refractivity contribution in [2.75, 3.05) is 44.3 Å². The molecule has 510 valence electrons. The van der Waals surface area contributed by atoms with Gasteiger partial charge in [0, 0.05) is 93.6 Å². The summed E-state index contributed by atoms with van der Waals surface area (Å²) in [7, 11) is 0. The summed E-state index contributed by atoms with van der Waals surface area (Å²) in [6.07, 6.45) is 7.82. The molecular weight excluding hydrogens is 1190 g/mol. The summed E-state index contributed by atoms with van der Waals surface area (Å²) < 4.78 is 57.0. The summed E-state index contributed by atoms with van der Waals surface area (Å²) in [6, 6.07) is 32.0. The van der Waals surface area contributed by atoms with E-state index in [4.69, 9.17) is 28.4 Å². The van der Waals surface area contributed by atoms with Crippen LogP contribution in [0.5, 0.6) is 11.5 Å². The molecule has 0 atom stereocenters. The molecule has 7 rings (SSSR count). The van der Waals surface area contributed by atoms with E-state index in [2.05, 4.69) is 155 Å². The minimum absolute atomic E-state index is 0.0978. The van der Waals surface area contributed by atoms with Gasteiger partial charge in [0.25, 0.3) is 0 Å². The van der Waals surface area contributed by atoms with Gasteiger partial charge in [-0.2, -0.15) is 0 Å². The van der Waals surface area contributed by atoms with Crippen molar-refractivity contribution >= 4 is 52.1 Å². The third kappa shape index (κ3) is 19.5. The van der Waals surface area contributed by atoms with Crippen LogP contribution in [-0.4, -0.2) is 89.7 Å². The first-order valence-corrected chi connectivity index (χ1v) is 33.7. The largest absolute Gasteiger partial charge is 0.514 e. The lowest BCUT2D eigenvalue weighted by Gasteiger charge is -2.30. The molecule has 0 unspecified atom stereocenters. The number of aryl methyl sites for hydroxylation is 3. The lowest BCUT2D eigenvalue weighted by atomic mass is 9.78. The molecule has 0 aliphatic heterocycles. The predicted octanol–water partition coefficient (Wildman–Crippen LogP) is 18.9. The number of allylic oxidation sites excluding steroid dienone is 5. The molecule has 1 aliphatic rings. The fourth-order valence-electron chi connectivity index (χ4n) is 11.9. The lowest BCUT2D eigenvalue weighted by molar-refractivity contribution is -0.524. The molecule has 14 heteroatoms. The molecule has 13 nitrogen and oxygen atoms in total. The number of benzene rings is 5. The molecule has 0 fully saturated rings. The van der Waals surface area contributed by atoms with Gasteiger partial charge in [0.05, 0.1) is 12.2 Å². The van der Waals surface area contributed by atoms with Gasteiger partial charge >= 0.3 is 24.2 Å². The van der Waals surface area contributed by atoms with Crippen molar-refractivity contribution in [2.24, 2.45) is 0 Å². The Morgan fingerprint density at radius 3 is 1.44 bits per heavy atom. The van der Waals surface area contributed by atoms with E-state index in [1.807, 2.05) is 78.6 Å². The fraction of sp³-hybridized carbons (Fsp3) is 0.469. The molecule has 0 radical (unpaired) electrons. The number of rotatable bonds is 21. The highest BCUT2D eigenvalue weighted by molar-refractivity contribution is 6.08. The second-order valence-corrected chi connectivity index (χ2v) is 30.7. The third-order valence-electron chi connectivity index (χ3n) is 16.6. The summed E-state index contributed by atoms with van der Waals surface area (Å²) in [4.78, 5) is 55.1. The number of hydrogen-bond donors (Lipinski definition) is 0. The van der Waals surface area contributed by atoms with Gasteiger partial charge < -0.3 is 37.9 Å². The maximum absolute atomic E-state index is 17.7. The Hall–Kier alpha value is -8.26. The molecular formula is C81H105FN3O10+. The van der Waals surface area contributed by atoms with Crippen molar-refractivity contribution in [3.63, 3.8) is 0 Å². The monoisotopic (exact) mass is 1300 g/mol. The first-order chi connectivity index (χ1) is 44.3. The van der Waals surface area contributed by atoms with Crippen LogP contribution in [0.1, 0.15) is 203 Å². The Bertz CT molecular complexity index is 3810. The highest BCUT2D eigenvalue weighted by Gasteiger charge is 2.34. The van der Waals surface area contributed by atoms with Crippen molar-refractivity contribution < 1.29 is 56.6 Å². The minimum Gasteiger partial charge on any atom is -0.464 e. The second-order valence-electron chi connectivity index (χ2n) is 30.7. The topological polar surface area (TPSA) is 135 Å². The molecule has 0 N–H and O–H groups in total. The van der Waals surface area contributed by atoms with Crippen molar-refractivity contribution in [1.29, 1.82) is 0 Å². The average Bonchev–Trinajstić information content (AvgIpc) is 1.62. The minimum atomic E-state index is -0.769. The van der Waals surface area contributed by atoms with Crippen LogP contribution in [0.2, 0.25) is 0 Å². The molecule has 1 aliphatic carbocycles. The summed E-state index contributed by atoms with van der Waals surface area (Å²) in [5.41, 5.74) is 9.70. The number of ether oxygens (including phenoxy) is 6. The van der Waals surface area contributed by atoms with Crippen LogP contribution in [0.3, 0.4) is 0 Å². The quantitative estimate of drug-likeness (QED) is 0.0295. The molecule has 1 heterocycles. The predicted molar refractivity (Wildman–Crippen MR) is 382 cm³/mol. The van der Waals surface area contributed by atoms with Crippen LogP contribution in [0, 0.1) is 5.82 Å². The number of likely N-dealkylation sites (N-methyl/N-ethyl adjacent to an activating group) is 2. The number of carbonyl (C=O) groups excluding carboxylic acids is 4. The molecule has 0 amide bonds. The number of anilines is 1. The van der Waals surface area contributed by atoms with E-state index in [0.29, 0.717) is 68.3 Å². The Morgan fingerprint density at radius 2 is 1.01 bits per heavy atom. The van der Waals surface area contributed by atoms with E-state index in [1.165, 1.54) is 0 Å². The van der Waals surface area contributed by atoms with E-state index >= 15 is 4.39 Å². The van der Waals surface area contributed by atoms with Gasteiger partial charge in [0.15, 0.2) is 12.3 Å². The lowest BCUT2D eigenvalue weighted by Crippen LogP contribution is -2.28. The Labute approximate surface area is 565 Å². The van der Waals surface area contributed by atoms with Crippen molar-refractivity contribution in [2.45, 2.75) is 210 Å². The number of esters is 2. The fourth-order valence-corrected chi connectivity index (χ4v) is 11.9. The summed E-state index contributed by atoms with van der Waals surface area (Å²) in [5, 5.41) is 0.992. The summed E-state index contributed by atoms with van der Waals surface area (Å²) in [6.45, 7) is 44.7. The molecule has 0 saturated carbocycles. The van der Waals surface area contributed by atoms with Crippen LogP contribution < -0.4 is 14.4 Å². The maximum Gasteiger partial charge on any atom is 0.514 e.